The molecule has 6 heteroatoms. The van der Waals surface area contributed by atoms with Crippen molar-refractivity contribution in [1.82, 2.24) is 4.58 Å². The monoisotopic (exact) mass is 521 g/mol. The number of hydrogen-bond donors (Lipinski definition) is 1. The van der Waals surface area contributed by atoms with E-state index in [1.54, 1.807) is 25.3 Å². The van der Waals surface area contributed by atoms with Crippen LogP contribution in [-0.4, -0.2) is 44.4 Å². The van der Waals surface area contributed by atoms with Gasteiger partial charge in [0.2, 0.25) is 5.36 Å². The van der Waals surface area contributed by atoms with Crippen molar-refractivity contribution in [3.8, 4) is 17.2 Å². The van der Waals surface area contributed by atoms with Gasteiger partial charge in [0.15, 0.2) is 0 Å². The molecule has 0 saturated carbocycles. The fraction of sp³-hybridized carbons (Fsp3) is 0.394. The number of methoxy groups -OCH3 is 1. The van der Waals surface area contributed by atoms with Gasteiger partial charge in [-0.05, 0) is 74.4 Å². The first-order chi connectivity index (χ1) is 19.1. The van der Waals surface area contributed by atoms with Gasteiger partial charge in [-0.2, -0.15) is 0 Å². The third-order valence-electron chi connectivity index (χ3n) is 9.40. The van der Waals surface area contributed by atoms with Crippen molar-refractivity contribution in [3.05, 3.63) is 79.9 Å². The molecule has 3 aromatic carbocycles. The van der Waals surface area contributed by atoms with Gasteiger partial charge in [0, 0.05) is 64.7 Å². The van der Waals surface area contributed by atoms with Crippen molar-refractivity contribution < 1.29 is 19.4 Å². The lowest BCUT2D eigenvalue weighted by Crippen LogP contribution is -2.45. The number of carboxylic acids is 1. The lowest BCUT2D eigenvalue weighted by Gasteiger charge is -2.39. The maximum absolute atomic E-state index is 12.1. The Morgan fingerprint density at radius 1 is 0.897 bits per heavy atom. The van der Waals surface area contributed by atoms with E-state index >= 15 is 0 Å². The molecular formula is C33H33N2O4+. The molecule has 0 fully saturated rings. The molecule has 3 aromatic rings. The third kappa shape index (κ3) is 3.33. The van der Waals surface area contributed by atoms with Crippen LogP contribution >= 0.6 is 0 Å². The van der Waals surface area contributed by atoms with E-state index in [-0.39, 0.29) is 5.56 Å². The highest BCUT2D eigenvalue weighted by Crippen LogP contribution is 2.49. The van der Waals surface area contributed by atoms with E-state index in [2.05, 4.69) is 21.6 Å². The summed E-state index contributed by atoms with van der Waals surface area (Å²) in [6.07, 6.45) is 8.68. The van der Waals surface area contributed by atoms with Crippen LogP contribution in [0.2, 0.25) is 0 Å². The first-order valence-electron chi connectivity index (χ1n) is 14.5. The molecule has 8 rings (SSSR count). The molecular weight excluding hydrogens is 488 g/mol. The quantitative estimate of drug-likeness (QED) is 0.416. The number of aromatic carboxylic acids is 1. The molecule has 0 atom stereocenters. The molecule has 0 radical (unpaired) electrons. The van der Waals surface area contributed by atoms with Crippen molar-refractivity contribution in [1.29, 1.82) is 0 Å². The molecule has 1 N–H and O–H groups in total. The molecule has 0 spiro atoms. The zero-order chi connectivity index (χ0) is 26.2. The first kappa shape index (κ1) is 23.1. The van der Waals surface area contributed by atoms with Crippen molar-refractivity contribution in [2.24, 2.45) is 0 Å². The van der Waals surface area contributed by atoms with E-state index in [4.69, 9.17) is 9.47 Å². The number of ether oxygens (including phenoxy) is 2. The van der Waals surface area contributed by atoms with E-state index in [0.717, 1.165) is 111 Å². The van der Waals surface area contributed by atoms with Crippen LogP contribution in [0, 0.1) is 0 Å². The van der Waals surface area contributed by atoms with Gasteiger partial charge in [0.25, 0.3) is 0 Å². The molecule has 5 heterocycles. The second-order valence-corrected chi connectivity index (χ2v) is 11.6. The minimum Gasteiger partial charge on any atom is -0.496 e. The molecule has 0 saturated heterocycles. The Kier molecular flexibility index (Phi) is 5.10. The topological polar surface area (TPSA) is 62.0 Å². The summed E-state index contributed by atoms with van der Waals surface area (Å²) in [5, 5.41) is 12.4. The SMILES string of the molecule is COc1ccc(C(=O)O)cc1C1=c2cc3c4c(c2Oc2c1cc1c5c2CCCN5CCC1)CCC[N+]=4CCC3. The van der Waals surface area contributed by atoms with E-state index in [9.17, 15) is 9.90 Å². The zero-order valence-electron chi connectivity index (χ0n) is 22.4. The van der Waals surface area contributed by atoms with E-state index in [1.165, 1.54) is 33.3 Å². The van der Waals surface area contributed by atoms with Gasteiger partial charge in [-0.25, -0.2) is 9.37 Å². The standard InChI is InChI=1S/C33H32N2O4/c1-38-27-11-10-21(33(36)37)18-24(27)28-25-16-19-6-2-12-34-14-4-8-22(29(19)34)31(25)39-32-23-9-5-15-35-13-3-7-20(30(23)35)17-26(28)32/h10-11,16-18H,2-9,12-15H2,1H3/p+1. The summed E-state index contributed by atoms with van der Waals surface area (Å²) in [5.74, 6) is 1.69. The number of carbonyl (C=O) groups is 1. The van der Waals surface area contributed by atoms with Gasteiger partial charge in [-0.1, -0.05) is 0 Å². The third-order valence-corrected chi connectivity index (χ3v) is 9.40. The van der Waals surface area contributed by atoms with Gasteiger partial charge in [0.1, 0.15) is 30.3 Å². The van der Waals surface area contributed by atoms with Crippen LogP contribution in [0.5, 0.6) is 17.2 Å². The van der Waals surface area contributed by atoms with Crippen LogP contribution in [0.15, 0.2) is 30.3 Å². The minimum absolute atomic E-state index is 0.267. The molecule has 5 aliphatic heterocycles. The number of aryl methyl sites for hydroxylation is 2. The highest BCUT2D eigenvalue weighted by atomic mass is 16.5. The number of anilines is 1. The van der Waals surface area contributed by atoms with Gasteiger partial charge >= 0.3 is 5.97 Å². The van der Waals surface area contributed by atoms with Crippen LogP contribution < -0.4 is 29.5 Å². The predicted molar refractivity (Wildman–Crippen MR) is 150 cm³/mol. The number of benzene rings is 3. The van der Waals surface area contributed by atoms with Crippen molar-refractivity contribution >= 4 is 17.2 Å². The largest absolute Gasteiger partial charge is 0.496 e. The number of fused-ring (bicyclic) bond motifs is 4. The van der Waals surface area contributed by atoms with Crippen LogP contribution in [-0.2, 0) is 25.7 Å². The van der Waals surface area contributed by atoms with Crippen LogP contribution in [0.1, 0.15) is 69.4 Å². The average Bonchev–Trinajstić information content (AvgIpc) is 2.97. The number of carboxylic acid groups (broad SMARTS) is 1. The molecule has 6 nitrogen and oxygen atoms in total. The molecule has 0 amide bonds. The fourth-order valence-corrected chi connectivity index (χ4v) is 7.84. The van der Waals surface area contributed by atoms with Crippen LogP contribution in [0.25, 0.3) is 5.57 Å². The number of rotatable bonds is 3. The normalized spacial score (nSPS) is 18.4. The van der Waals surface area contributed by atoms with Gasteiger partial charge in [-0.15, -0.1) is 0 Å². The molecule has 0 aliphatic carbocycles. The number of hydrogen-bond acceptors (Lipinski definition) is 4. The number of nitrogens with zero attached hydrogens (tertiary/aromatic N) is 2. The van der Waals surface area contributed by atoms with E-state index in [1.807, 2.05) is 0 Å². The molecule has 0 bridgehead atoms. The van der Waals surface area contributed by atoms with Crippen LogP contribution in [0.3, 0.4) is 0 Å². The Bertz CT molecular complexity index is 1710. The molecule has 5 aliphatic rings. The van der Waals surface area contributed by atoms with E-state index in [0.29, 0.717) is 5.75 Å². The second-order valence-electron chi connectivity index (χ2n) is 11.6. The lowest BCUT2D eigenvalue weighted by molar-refractivity contribution is 0.0697. The average molecular weight is 522 g/mol. The predicted octanol–water partition coefficient (Wildman–Crippen LogP) is 3.83. The molecule has 0 aromatic heterocycles. The summed E-state index contributed by atoms with van der Waals surface area (Å²) >= 11 is 0. The molecule has 198 valence electrons. The summed E-state index contributed by atoms with van der Waals surface area (Å²) in [4.78, 5) is 14.7. The van der Waals surface area contributed by atoms with Crippen LogP contribution in [0.4, 0.5) is 5.69 Å². The molecule has 0 unspecified atom stereocenters. The summed E-state index contributed by atoms with van der Waals surface area (Å²) in [7, 11) is 1.67. The summed E-state index contributed by atoms with van der Waals surface area (Å²) in [6.45, 7) is 4.42. The Morgan fingerprint density at radius 3 is 2.49 bits per heavy atom. The summed E-state index contributed by atoms with van der Waals surface area (Å²) in [6, 6.07) is 9.91. The Balaban J connectivity index is 1.54. The molecule has 39 heavy (non-hydrogen) atoms. The minimum atomic E-state index is -0.931. The Labute approximate surface area is 227 Å². The van der Waals surface area contributed by atoms with E-state index < -0.39 is 5.97 Å². The highest BCUT2D eigenvalue weighted by molar-refractivity contribution is 5.94. The Morgan fingerprint density at radius 2 is 1.67 bits per heavy atom. The first-order valence-corrected chi connectivity index (χ1v) is 14.5. The highest BCUT2D eigenvalue weighted by Gasteiger charge is 2.36. The lowest BCUT2D eigenvalue weighted by atomic mass is 9.82. The fourth-order valence-electron chi connectivity index (χ4n) is 7.84. The Hall–Kier alpha value is -3.80. The summed E-state index contributed by atoms with van der Waals surface area (Å²) < 4.78 is 15.5. The maximum atomic E-state index is 12.1. The van der Waals surface area contributed by atoms with Gasteiger partial charge in [-0.3, -0.25) is 0 Å². The smallest absolute Gasteiger partial charge is 0.335 e. The van der Waals surface area contributed by atoms with Crippen molar-refractivity contribution in [2.45, 2.75) is 51.4 Å². The van der Waals surface area contributed by atoms with Crippen molar-refractivity contribution in [3.63, 3.8) is 0 Å². The maximum Gasteiger partial charge on any atom is 0.335 e. The van der Waals surface area contributed by atoms with Gasteiger partial charge < -0.3 is 19.5 Å². The summed E-state index contributed by atoms with van der Waals surface area (Å²) in [5.41, 5.74) is 10.0. The second kappa shape index (κ2) is 8.60. The zero-order valence-corrected chi connectivity index (χ0v) is 22.4. The van der Waals surface area contributed by atoms with Gasteiger partial charge in [0.05, 0.1) is 18.2 Å². The van der Waals surface area contributed by atoms with Crippen molar-refractivity contribution in [2.75, 3.05) is 38.2 Å².